The Kier molecular flexibility index (Phi) is 7.86. The lowest BCUT2D eigenvalue weighted by Gasteiger charge is -2.26. The summed E-state index contributed by atoms with van der Waals surface area (Å²) in [5.41, 5.74) is 3.73. The third kappa shape index (κ3) is 6.32. The van der Waals surface area contributed by atoms with E-state index < -0.39 is 22.0 Å². The monoisotopic (exact) mass is 563 g/mol. The van der Waals surface area contributed by atoms with E-state index in [-0.39, 0.29) is 17.5 Å². The first kappa shape index (κ1) is 27.4. The Morgan fingerprint density at radius 1 is 1.12 bits per heavy atom. The fourth-order valence-corrected chi connectivity index (χ4v) is 5.81. The molecule has 3 N–H and O–H groups in total. The van der Waals surface area contributed by atoms with E-state index in [4.69, 9.17) is 6.57 Å². The molecule has 0 saturated carbocycles. The van der Waals surface area contributed by atoms with E-state index in [1.807, 2.05) is 13.0 Å². The molecule has 0 spiro atoms. The first-order valence-electron chi connectivity index (χ1n) is 12.8. The van der Waals surface area contributed by atoms with Gasteiger partial charge in [-0.2, -0.15) is 0 Å². The predicted molar refractivity (Wildman–Crippen MR) is 151 cm³/mol. The molecule has 3 heterocycles. The molecule has 0 unspecified atom stereocenters. The molecule has 2 aromatic heterocycles. The lowest BCUT2D eigenvalue weighted by molar-refractivity contribution is 0.254. The molecule has 0 aliphatic carbocycles. The van der Waals surface area contributed by atoms with Crippen molar-refractivity contribution in [3.8, 4) is 11.3 Å². The van der Waals surface area contributed by atoms with Crippen molar-refractivity contribution in [3.05, 3.63) is 83.1 Å². The van der Waals surface area contributed by atoms with Gasteiger partial charge < -0.3 is 10.6 Å². The van der Waals surface area contributed by atoms with Crippen LogP contribution in [0.3, 0.4) is 0 Å². The molecular weight excluding hydrogens is 536 g/mol. The number of benzene rings is 2. The fraction of sp³-hybridized carbons (Fsp3) is 0.286. The van der Waals surface area contributed by atoms with Crippen molar-refractivity contribution < 1.29 is 17.2 Å². The molecular formula is C28H27F2N7O2S. The van der Waals surface area contributed by atoms with Gasteiger partial charge in [0, 0.05) is 31.1 Å². The lowest BCUT2D eigenvalue weighted by Crippen LogP contribution is -2.44. The van der Waals surface area contributed by atoms with Crippen LogP contribution < -0.4 is 15.4 Å². The van der Waals surface area contributed by atoms with Crippen LogP contribution in [-0.2, 0) is 22.2 Å². The van der Waals surface area contributed by atoms with E-state index in [9.17, 15) is 12.8 Å². The van der Waals surface area contributed by atoms with Gasteiger partial charge in [-0.05, 0) is 35.7 Å². The zero-order chi connectivity index (χ0) is 28.3. The highest BCUT2D eigenvalue weighted by atomic mass is 32.2. The molecule has 1 aliphatic heterocycles. The maximum Gasteiger partial charge on any atom is 0.237 e. The van der Waals surface area contributed by atoms with Crippen LogP contribution in [-0.4, -0.2) is 48.7 Å². The van der Waals surface area contributed by atoms with Crippen molar-refractivity contribution in [1.29, 1.82) is 0 Å². The first-order valence-corrected chi connectivity index (χ1v) is 14.4. The Morgan fingerprint density at radius 3 is 2.62 bits per heavy atom. The van der Waals surface area contributed by atoms with Crippen molar-refractivity contribution in [2.24, 2.45) is 0 Å². The summed E-state index contributed by atoms with van der Waals surface area (Å²) in [4.78, 5) is 16.9. The highest BCUT2D eigenvalue weighted by molar-refractivity contribution is 7.91. The van der Waals surface area contributed by atoms with Gasteiger partial charge in [0.1, 0.15) is 17.5 Å². The summed E-state index contributed by atoms with van der Waals surface area (Å²) in [6.07, 6.45) is 1.67. The molecule has 0 amide bonds. The molecule has 1 fully saturated rings. The number of aryl methyl sites for hydroxylation is 1. The standard InChI is InChI=1S/C28H27F2N7O2S/c1-3-18-11-25(35-26-15-33-28(36-27(18)26)34-22-12-20(29)13-32-14-22)19-6-9-24(23(30)10-19)37-40(38,39)16-17-4-7-21(31-2)8-5-17/h4-11,15,20,22,32,37H,3,12-14,16H2,1H3,(H,33,34,36)/t20-,22-/m0/s1. The van der Waals surface area contributed by atoms with Crippen LogP contribution in [0.1, 0.15) is 24.5 Å². The number of sulfonamides is 1. The van der Waals surface area contributed by atoms with Gasteiger partial charge in [-0.1, -0.05) is 37.3 Å². The van der Waals surface area contributed by atoms with Gasteiger partial charge in [0.05, 0.1) is 35.4 Å². The SMILES string of the molecule is [C-]#[N+]c1ccc(CS(=O)(=O)Nc2ccc(-c3cc(CC)c4nc(N[C@@H]5CNC[C@@H](F)C5)ncc4n3)cc2F)cc1. The maximum absolute atomic E-state index is 15.1. The number of anilines is 2. The Bertz CT molecular complexity index is 1690. The Morgan fingerprint density at radius 2 is 1.93 bits per heavy atom. The maximum atomic E-state index is 15.1. The topological polar surface area (TPSA) is 113 Å². The van der Waals surface area contributed by atoms with Crippen molar-refractivity contribution >= 4 is 38.4 Å². The normalized spacial score (nSPS) is 17.4. The zero-order valence-corrected chi connectivity index (χ0v) is 22.5. The number of pyridine rings is 1. The second-order valence-electron chi connectivity index (χ2n) is 9.61. The van der Waals surface area contributed by atoms with Gasteiger partial charge in [-0.15, -0.1) is 0 Å². The summed E-state index contributed by atoms with van der Waals surface area (Å²) in [6.45, 7) is 9.93. The molecule has 1 saturated heterocycles. The first-order chi connectivity index (χ1) is 19.2. The van der Waals surface area contributed by atoms with Gasteiger partial charge in [-0.25, -0.2) is 37.0 Å². The largest absolute Gasteiger partial charge is 0.350 e. The summed E-state index contributed by atoms with van der Waals surface area (Å²) in [5.74, 6) is -0.712. The van der Waals surface area contributed by atoms with Crippen molar-refractivity contribution in [2.45, 2.75) is 37.7 Å². The Labute approximate surface area is 231 Å². The van der Waals surface area contributed by atoms with Crippen LogP contribution >= 0.6 is 0 Å². The minimum absolute atomic E-state index is 0.123. The average molecular weight is 564 g/mol. The number of piperidine rings is 1. The van der Waals surface area contributed by atoms with Gasteiger partial charge in [-0.3, -0.25) is 4.72 Å². The van der Waals surface area contributed by atoms with Gasteiger partial charge in [0.25, 0.3) is 0 Å². The van der Waals surface area contributed by atoms with Crippen LogP contribution in [0, 0.1) is 12.4 Å². The Balaban J connectivity index is 1.35. The third-order valence-corrected chi connectivity index (χ3v) is 7.83. The van der Waals surface area contributed by atoms with Gasteiger partial charge in [0.15, 0.2) is 5.69 Å². The number of nitrogens with zero attached hydrogens (tertiary/aromatic N) is 4. The van der Waals surface area contributed by atoms with E-state index in [0.717, 1.165) is 5.56 Å². The summed E-state index contributed by atoms with van der Waals surface area (Å²) in [7, 11) is -3.90. The lowest BCUT2D eigenvalue weighted by atomic mass is 10.1. The van der Waals surface area contributed by atoms with E-state index >= 15 is 4.39 Å². The van der Waals surface area contributed by atoms with E-state index in [1.54, 1.807) is 24.4 Å². The van der Waals surface area contributed by atoms with Crippen LogP contribution in [0.15, 0.2) is 54.7 Å². The quantitative estimate of drug-likeness (QED) is 0.259. The summed E-state index contributed by atoms with van der Waals surface area (Å²) >= 11 is 0. The Hall–Kier alpha value is -4.21. The zero-order valence-electron chi connectivity index (χ0n) is 21.7. The molecule has 2 aromatic carbocycles. The molecule has 0 radical (unpaired) electrons. The number of halogens is 2. The van der Waals surface area contributed by atoms with Crippen molar-refractivity contribution in [1.82, 2.24) is 20.3 Å². The molecule has 0 bridgehead atoms. The predicted octanol–water partition coefficient (Wildman–Crippen LogP) is 5.00. The molecule has 40 heavy (non-hydrogen) atoms. The number of alkyl halides is 1. The second kappa shape index (κ2) is 11.5. The highest BCUT2D eigenvalue weighted by Crippen LogP contribution is 2.28. The number of rotatable bonds is 8. The fourth-order valence-electron chi connectivity index (χ4n) is 4.61. The van der Waals surface area contributed by atoms with Crippen LogP contribution in [0.4, 0.5) is 26.1 Å². The van der Waals surface area contributed by atoms with E-state index in [1.165, 1.54) is 24.3 Å². The van der Waals surface area contributed by atoms with Crippen LogP contribution in [0.5, 0.6) is 0 Å². The summed E-state index contributed by atoms with van der Waals surface area (Å²) in [6, 6.07) is 12.1. The van der Waals surface area contributed by atoms with E-state index in [0.29, 0.717) is 65.4 Å². The van der Waals surface area contributed by atoms with Crippen LogP contribution in [0.25, 0.3) is 27.1 Å². The van der Waals surface area contributed by atoms with Crippen molar-refractivity contribution in [2.75, 3.05) is 23.1 Å². The summed E-state index contributed by atoms with van der Waals surface area (Å²) < 4.78 is 56.4. The van der Waals surface area contributed by atoms with Gasteiger partial charge in [0.2, 0.25) is 16.0 Å². The second-order valence-corrected chi connectivity index (χ2v) is 11.3. The minimum atomic E-state index is -3.90. The molecule has 206 valence electrons. The summed E-state index contributed by atoms with van der Waals surface area (Å²) in [5, 5.41) is 6.23. The van der Waals surface area contributed by atoms with E-state index in [2.05, 4.69) is 35.2 Å². The molecule has 9 nitrogen and oxygen atoms in total. The highest BCUT2D eigenvalue weighted by Gasteiger charge is 2.22. The molecule has 1 aliphatic rings. The van der Waals surface area contributed by atoms with Gasteiger partial charge >= 0.3 is 0 Å². The van der Waals surface area contributed by atoms with Crippen LogP contribution in [0.2, 0.25) is 0 Å². The minimum Gasteiger partial charge on any atom is -0.350 e. The molecule has 5 rings (SSSR count). The molecule has 2 atom stereocenters. The smallest absolute Gasteiger partial charge is 0.237 e. The number of fused-ring (bicyclic) bond motifs is 1. The number of hydrogen-bond donors (Lipinski definition) is 3. The van der Waals surface area contributed by atoms with Crippen molar-refractivity contribution in [3.63, 3.8) is 0 Å². The average Bonchev–Trinajstić information content (AvgIpc) is 2.93. The number of aromatic nitrogens is 3. The molecule has 12 heteroatoms. The number of hydrogen-bond acceptors (Lipinski definition) is 7. The third-order valence-electron chi connectivity index (χ3n) is 6.59. The number of nitrogens with one attached hydrogen (secondary N) is 3. The molecule has 4 aromatic rings.